The molecule has 1 aromatic heterocycles. The van der Waals surface area contributed by atoms with Crippen molar-refractivity contribution < 1.29 is 26.7 Å². The number of rotatable bonds is 7. The van der Waals surface area contributed by atoms with Crippen LogP contribution in [0.3, 0.4) is 0 Å². The molecule has 2 aromatic rings. The second-order valence-electron chi connectivity index (χ2n) is 6.54. The number of sulfonamides is 1. The molecule has 1 saturated heterocycles. The van der Waals surface area contributed by atoms with E-state index < -0.39 is 21.7 Å². The first-order valence-corrected chi connectivity index (χ1v) is 10.4. The molecule has 0 saturated carbocycles. The fraction of sp³-hybridized carbons (Fsp3) is 0.444. The van der Waals surface area contributed by atoms with E-state index in [0.717, 1.165) is 12.1 Å². The van der Waals surface area contributed by atoms with Gasteiger partial charge in [-0.25, -0.2) is 17.2 Å². The zero-order valence-electron chi connectivity index (χ0n) is 15.1. The van der Waals surface area contributed by atoms with E-state index in [1.165, 1.54) is 4.31 Å². The molecule has 3 rings (SSSR count). The van der Waals surface area contributed by atoms with Gasteiger partial charge in [-0.15, -0.1) is 0 Å². The third-order valence-electron chi connectivity index (χ3n) is 4.65. The van der Waals surface area contributed by atoms with E-state index in [4.69, 9.17) is 4.74 Å². The molecule has 28 heavy (non-hydrogen) atoms. The number of nitrogens with zero attached hydrogens (tertiary/aromatic N) is 3. The molecule has 7 nitrogen and oxygen atoms in total. The van der Waals surface area contributed by atoms with E-state index in [0.29, 0.717) is 31.9 Å². The quantitative estimate of drug-likeness (QED) is 0.513. The van der Waals surface area contributed by atoms with Crippen LogP contribution in [0.15, 0.2) is 41.6 Å². The third kappa shape index (κ3) is 4.74. The molecular weight excluding hydrogens is 392 g/mol. The molecule has 1 fully saturated rings. The van der Waals surface area contributed by atoms with Crippen LogP contribution in [-0.2, 0) is 26.1 Å². The number of carbonyl (C=O) groups excluding carboxylic acids is 1. The third-order valence-corrected chi connectivity index (χ3v) is 6.55. The number of esters is 1. The Kier molecular flexibility index (Phi) is 6.40. The topological polar surface area (TPSA) is 81.5 Å². The summed E-state index contributed by atoms with van der Waals surface area (Å²) >= 11 is 0. The Hall–Kier alpha value is -2.33. The Morgan fingerprint density at radius 2 is 1.96 bits per heavy atom. The summed E-state index contributed by atoms with van der Waals surface area (Å²) in [6, 6.07) is 4.31. The Bertz CT molecular complexity index is 911. The van der Waals surface area contributed by atoms with Crippen LogP contribution in [0.5, 0.6) is 0 Å². The monoisotopic (exact) mass is 413 g/mol. The highest BCUT2D eigenvalue weighted by atomic mass is 32.2. The van der Waals surface area contributed by atoms with Gasteiger partial charge in [0.05, 0.1) is 17.4 Å². The molecule has 1 aliphatic rings. The summed E-state index contributed by atoms with van der Waals surface area (Å²) in [5.41, 5.74) is 0. The summed E-state index contributed by atoms with van der Waals surface area (Å²) in [5.74, 6) is -3.03. The maximum atomic E-state index is 13.4. The first kappa shape index (κ1) is 20.4. The largest absolute Gasteiger partial charge is 0.465 e. The first-order chi connectivity index (χ1) is 13.4. The van der Waals surface area contributed by atoms with E-state index >= 15 is 0 Å². The van der Waals surface area contributed by atoms with Crippen LogP contribution in [0.1, 0.15) is 19.3 Å². The summed E-state index contributed by atoms with van der Waals surface area (Å²) < 4.78 is 59.7. The summed E-state index contributed by atoms with van der Waals surface area (Å²) in [6.07, 6.45) is 4.78. The molecule has 1 aliphatic heterocycles. The van der Waals surface area contributed by atoms with Crippen molar-refractivity contribution in [2.75, 3.05) is 19.7 Å². The van der Waals surface area contributed by atoms with Gasteiger partial charge in [-0.1, -0.05) is 0 Å². The zero-order chi connectivity index (χ0) is 20.1. The number of hydrogen-bond donors (Lipinski definition) is 0. The Balaban J connectivity index is 1.47. The summed E-state index contributed by atoms with van der Waals surface area (Å²) in [6.45, 7) is 1.15. The maximum absolute atomic E-state index is 13.4. The minimum atomic E-state index is -3.93. The molecule has 1 aromatic carbocycles. The van der Waals surface area contributed by atoms with Crippen molar-refractivity contribution in [1.82, 2.24) is 14.1 Å². The van der Waals surface area contributed by atoms with Crippen LogP contribution in [-0.4, -0.2) is 48.2 Å². The van der Waals surface area contributed by atoms with Crippen molar-refractivity contribution in [2.45, 2.75) is 30.7 Å². The Morgan fingerprint density at radius 1 is 1.21 bits per heavy atom. The van der Waals surface area contributed by atoms with Crippen molar-refractivity contribution in [3.63, 3.8) is 0 Å². The molecule has 152 valence electrons. The van der Waals surface area contributed by atoms with Gasteiger partial charge < -0.3 is 4.74 Å². The van der Waals surface area contributed by atoms with Crippen molar-refractivity contribution in [1.29, 1.82) is 0 Å². The maximum Gasteiger partial charge on any atom is 0.309 e. The Labute approximate surface area is 162 Å². The van der Waals surface area contributed by atoms with Crippen molar-refractivity contribution in [2.24, 2.45) is 5.92 Å². The lowest BCUT2D eigenvalue weighted by molar-refractivity contribution is -0.150. The van der Waals surface area contributed by atoms with Crippen LogP contribution in [0.25, 0.3) is 0 Å². The van der Waals surface area contributed by atoms with Gasteiger partial charge in [0.1, 0.15) is 0 Å². The average Bonchev–Trinajstić information content (AvgIpc) is 3.20. The Morgan fingerprint density at radius 3 is 2.61 bits per heavy atom. The highest BCUT2D eigenvalue weighted by molar-refractivity contribution is 7.89. The van der Waals surface area contributed by atoms with Gasteiger partial charge in [0.25, 0.3) is 0 Å². The smallest absolute Gasteiger partial charge is 0.309 e. The van der Waals surface area contributed by atoms with Crippen molar-refractivity contribution >= 4 is 16.0 Å². The molecule has 0 bridgehead atoms. The number of piperidine rings is 1. The lowest BCUT2D eigenvalue weighted by Gasteiger charge is -2.30. The number of benzene rings is 1. The molecule has 0 atom stereocenters. The van der Waals surface area contributed by atoms with Crippen LogP contribution < -0.4 is 0 Å². The molecule has 2 heterocycles. The lowest BCUT2D eigenvalue weighted by atomic mass is 9.98. The van der Waals surface area contributed by atoms with E-state index in [1.807, 2.05) is 12.3 Å². The summed E-state index contributed by atoms with van der Waals surface area (Å²) in [7, 11) is -3.93. The highest BCUT2D eigenvalue weighted by Gasteiger charge is 2.33. The standard InChI is InChI=1S/C18H21F2N3O4S/c19-16-4-3-15(13-17(16)20)28(25,26)23-10-5-14(6-11-23)18(24)27-12-2-9-22-8-1-7-21-22/h1,3-4,7-8,13-14H,2,5-6,9-12H2. The van der Waals surface area contributed by atoms with Crippen LogP contribution in [0.2, 0.25) is 0 Å². The van der Waals surface area contributed by atoms with E-state index in [-0.39, 0.29) is 36.5 Å². The number of halogens is 2. The van der Waals surface area contributed by atoms with Crippen molar-refractivity contribution in [3.8, 4) is 0 Å². The number of ether oxygens (including phenoxy) is 1. The van der Waals surface area contributed by atoms with Gasteiger partial charge in [0.2, 0.25) is 10.0 Å². The lowest BCUT2D eigenvalue weighted by Crippen LogP contribution is -2.40. The molecule has 0 N–H and O–H groups in total. The number of aromatic nitrogens is 2. The van der Waals surface area contributed by atoms with Crippen molar-refractivity contribution in [3.05, 3.63) is 48.3 Å². The molecule has 0 unspecified atom stereocenters. The van der Waals surface area contributed by atoms with Gasteiger partial charge in [-0.2, -0.15) is 9.40 Å². The predicted octanol–water partition coefficient (Wildman–Crippen LogP) is 2.20. The minimum absolute atomic E-state index is 0.119. The van der Waals surface area contributed by atoms with Gasteiger partial charge in [0, 0.05) is 38.4 Å². The summed E-state index contributed by atoms with van der Waals surface area (Å²) in [4.78, 5) is 11.9. The molecule has 10 heteroatoms. The number of aryl methyl sites for hydroxylation is 1. The normalized spacial score (nSPS) is 16.2. The molecule has 0 radical (unpaired) electrons. The van der Waals surface area contributed by atoms with Crippen LogP contribution in [0, 0.1) is 17.6 Å². The molecular formula is C18H21F2N3O4S. The minimum Gasteiger partial charge on any atom is -0.465 e. The second-order valence-corrected chi connectivity index (χ2v) is 8.48. The number of carbonyl (C=O) groups is 1. The van der Waals surface area contributed by atoms with Gasteiger partial charge in [-0.3, -0.25) is 9.48 Å². The predicted molar refractivity (Wildman–Crippen MR) is 95.6 cm³/mol. The average molecular weight is 413 g/mol. The van der Waals surface area contributed by atoms with E-state index in [9.17, 15) is 22.0 Å². The summed E-state index contributed by atoms with van der Waals surface area (Å²) in [5, 5.41) is 4.06. The fourth-order valence-electron chi connectivity index (χ4n) is 3.07. The molecule has 0 spiro atoms. The fourth-order valence-corrected chi connectivity index (χ4v) is 4.55. The first-order valence-electron chi connectivity index (χ1n) is 8.97. The van der Waals surface area contributed by atoms with Gasteiger partial charge >= 0.3 is 5.97 Å². The van der Waals surface area contributed by atoms with Gasteiger partial charge in [-0.05, 0) is 37.1 Å². The number of hydrogen-bond acceptors (Lipinski definition) is 5. The second kappa shape index (κ2) is 8.78. The van der Waals surface area contributed by atoms with Crippen LogP contribution >= 0.6 is 0 Å². The molecule has 0 aliphatic carbocycles. The molecule has 0 amide bonds. The SMILES string of the molecule is O=C(OCCCn1cccn1)C1CCN(S(=O)(=O)c2ccc(F)c(F)c2)CC1. The van der Waals surface area contributed by atoms with E-state index in [1.54, 1.807) is 10.9 Å². The highest BCUT2D eigenvalue weighted by Crippen LogP contribution is 2.25. The van der Waals surface area contributed by atoms with Crippen LogP contribution in [0.4, 0.5) is 8.78 Å². The van der Waals surface area contributed by atoms with Gasteiger partial charge in [0.15, 0.2) is 11.6 Å². The zero-order valence-corrected chi connectivity index (χ0v) is 15.9. The van der Waals surface area contributed by atoms with E-state index in [2.05, 4.69) is 5.10 Å².